The van der Waals surface area contributed by atoms with E-state index in [9.17, 15) is 9.59 Å². The molecule has 0 spiro atoms. The Balaban J connectivity index is 1.46. The van der Waals surface area contributed by atoms with Gasteiger partial charge in [0, 0.05) is 36.7 Å². The summed E-state index contributed by atoms with van der Waals surface area (Å²) in [6, 6.07) is 9.41. The Bertz CT molecular complexity index is 1050. The van der Waals surface area contributed by atoms with E-state index >= 15 is 0 Å². The molecule has 1 aliphatic rings. The molecule has 0 aliphatic carbocycles. The van der Waals surface area contributed by atoms with Gasteiger partial charge in [0.2, 0.25) is 5.91 Å². The first-order valence-electron chi connectivity index (χ1n) is 9.64. The molecule has 1 N–H and O–H groups in total. The summed E-state index contributed by atoms with van der Waals surface area (Å²) >= 11 is 0. The van der Waals surface area contributed by atoms with E-state index in [0.717, 1.165) is 54.1 Å². The first-order chi connectivity index (χ1) is 13.5. The first kappa shape index (κ1) is 18.2. The number of anilines is 1. The quantitative estimate of drug-likeness (QED) is 0.759. The number of fused-ring (bicyclic) bond motifs is 1. The highest BCUT2D eigenvalue weighted by atomic mass is 16.2. The fourth-order valence-electron chi connectivity index (χ4n) is 3.73. The van der Waals surface area contributed by atoms with Crippen LogP contribution in [0.15, 0.2) is 42.7 Å². The summed E-state index contributed by atoms with van der Waals surface area (Å²) in [4.78, 5) is 31.4. The Kier molecular flexibility index (Phi) is 4.86. The lowest BCUT2D eigenvalue weighted by Gasteiger charge is -2.16. The van der Waals surface area contributed by atoms with E-state index in [2.05, 4.69) is 10.3 Å². The third kappa shape index (κ3) is 3.50. The number of hydrogen-bond acceptors (Lipinski definition) is 3. The largest absolute Gasteiger partial charge is 0.339 e. The molecular formula is C22H24N4O2. The predicted molar refractivity (Wildman–Crippen MR) is 109 cm³/mol. The molecule has 0 radical (unpaired) electrons. The zero-order valence-electron chi connectivity index (χ0n) is 16.2. The van der Waals surface area contributed by atoms with Gasteiger partial charge >= 0.3 is 0 Å². The molecule has 144 valence electrons. The molecule has 1 aromatic carbocycles. The van der Waals surface area contributed by atoms with Gasteiger partial charge in [-0.25, -0.2) is 4.98 Å². The van der Waals surface area contributed by atoms with Crippen molar-refractivity contribution in [3.63, 3.8) is 0 Å². The number of pyridine rings is 1. The SMILES string of the molecule is Cc1cc(C(=O)N2CCCC2)ccc1NC(=O)Cc1cnc2c(C)cccn12. The van der Waals surface area contributed by atoms with Gasteiger partial charge in [0.25, 0.3) is 5.91 Å². The molecule has 2 aromatic heterocycles. The number of carbonyl (C=O) groups excluding carboxylic acids is 2. The van der Waals surface area contributed by atoms with E-state index in [1.54, 1.807) is 12.3 Å². The number of aromatic nitrogens is 2. The van der Waals surface area contributed by atoms with Gasteiger partial charge in [-0.3, -0.25) is 9.59 Å². The lowest BCUT2D eigenvalue weighted by Crippen LogP contribution is -2.27. The highest BCUT2D eigenvalue weighted by Gasteiger charge is 2.20. The van der Waals surface area contributed by atoms with E-state index in [0.29, 0.717) is 5.56 Å². The van der Waals surface area contributed by atoms with Crippen LogP contribution < -0.4 is 5.32 Å². The minimum Gasteiger partial charge on any atom is -0.339 e. The maximum Gasteiger partial charge on any atom is 0.253 e. The van der Waals surface area contributed by atoms with Crippen molar-refractivity contribution in [2.75, 3.05) is 18.4 Å². The van der Waals surface area contributed by atoms with Crippen LogP contribution in [0.3, 0.4) is 0 Å². The van der Waals surface area contributed by atoms with Gasteiger partial charge < -0.3 is 14.6 Å². The van der Waals surface area contributed by atoms with Crippen molar-refractivity contribution in [2.24, 2.45) is 0 Å². The summed E-state index contributed by atoms with van der Waals surface area (Å²) in [5, 5.41) is 2.96. The number of amides is 2. The second kappa shape index (κ2) is 7.46. The Labute approximate surface area is 164 Å². The number of hydrogen-bond donors (Lipinski definition) is 1. The topological polar surface area (TPSA) is 66.7 Å². The van der Waals surface area contributed by atoms with Crippen LogP contribution in [0.25, 0.3) is 5.65 Å². The van der Waals surface area contributed by atoms with Crippen molar-refractivity contribution in [1.29, 1.82) is 0 Å². The van der Waals surface area contributed by atoms with E-state index < -0.39 is 0 Å². The molecular weight excluding hydrogens is 352 g/mol. The summed E-state index contributed by atoms with van der Waals surface area (Å²) in [5.74, 6) is -0.0374. The Morgan fingerprint density at radius 2 is 1.89 bits per heavy atom. The summed E-state index contributed by atoms with van der Waals surface area (Å²) < 4.78 is 1.94. The minimum atomic E-state index is -0.106. The lowest BCUT2D eigenvalue weighted by atomic mass is 10.1. The van der Waals surface area contributed by atoms with Gasteiger partial charge in [0.05, 0.1) is 12.1 Å². The summed E-state index contributed by atoms with van der Waals surface area (Å²) in [6.45, 7) is 5.57. The predicted octanol–water partition coefficient (Wildman–Crippen LogP) is 3.37. The number of rotatable bonds is 4. The van der Waals surface area contributed by atoms with Gasteiger partial charge in [0.15, 0.2) is 0 Å². The van der Waals surface area contributed by atoms with Crippen LogP contribution in [0, 0.1) is 13.8 Å². The Hall–Kier alpha value is -3.15. The normalized spacial score (nSPS) is 13.9. The van der Waals surface area contributed by atoms with Crippen LogP contribution in [0.1, 0.15) is 40.0 Å². The van der Waals surface area contributed by atoms with Crippen molar-refractivity contribution in [1.82, 2.24) is 14.3 Å². The number of nitrogens with one attached hydrogen (secondary N) is 1. The molecule has 6 nitrogen and oxygen atoms in total. The highest BCUT2D eigenvalue weighted by Crippen LogP contribution is 2.20. The number of benzene rings is 1. The molecule has 3 aromatic rings. The second-order valence-corrected chi connectivity index (χ2v) is 7.39. The number of aryl methyl sites for hydroxylation is 2. The Morgan fingerprint density at radius 3 is 2.64 bits per heavy atom. The maximum atomic E-state index is 12.6. The van der Waals surface area contributed by atoms with Gasteiger partial charge in [-0.15, -0.1) is 0 Å². The maximum absolute atomic E-state index is 12.6. The van der Waals surface area contributed by atoms with Crippen LogP contribution in [-0.2, 0) is 11.2 Å². The average molecular weight is 376 g/mol. The summed E-state index contributed by atoms with van der Waals surface area (Å²) in [7, 11) is 0. The van der Waals surface area contributed by atoms with Crippen molar-refractivity contribution in [2.45, 2.75) is 33.1 Å². The van der Waals surface area contributed by atoms with Gasteiger partial charge in [-0.1, -0.05) is 6.07 Å². The average Bonchev–Trinajstić information content (AvgIpc) is 3.34. The number of imidazole rings is 1. The highest BCUT2D eigenvalue weighted by molar-refractivity contribution is 5.97. The molecule has 3 heterocycles. The van der Waals surface area contributed by atoms with Crippen LogP contribution >= 0.6 is 0 Å². The Morgan fingerprint density at radius 1 is 1.11 bits per heavy atom. The van der Waals surface area contributed by atoms with E-state index in [1.165, 1.54) is 0 Å². The second-order valence-electron chi connectivity index (χ2n) is 7.39. The molecule has 4 rings (SSSR count). The molecule has 0 atom stereocenters. The first-order valence-corrected chi connectivity index (χ1v) is 9.64. The standard InChI is InChI=1S/C22H24N4O2/c1-15-6-5-11-26-18(14-23-21(15)26)13-20(27)24-19-8-7-17(12-16(19)2)22(28)25-9-3-4-10-25/h5-8,11-12,14H,3-4,9-10,13H2,1-2H3,(H,24,27). The molecule has 28 heavy (non-hydrogen) atoms. The van der Waals surface area contributed by atoms with Crippen LogP contribution in [0.4, 0.5) is 5.69 Å². The molecule has 1 fully saturated rings. The molecule has 0 saturated carbocycles. The fraction of sp³-hybridized carbons (Fsp3) is 0.318. The van der Waals surface area contributed by atoms with E-state index in [-0.39, 0.29) is 18.2 Å². The third-order valence-electron chi connectivity index (χ3n) is 5.29. The summed E-state index contributed by atoms with van der Waals surface area (Å²) in [6.07, 6.45) is 6.04. The van der Waals surface area contributed by atoms with Crippen molar-refractivity contribution in [3.8, 4) is 0 Å². The zero-order chi connectivity index (χ0) is 19.7. The van der Waals surface area contributed by atoms with Crippen molar-refractivity contribution < 1.29 is 9.59 Å². The lowest BCUT2D eigenvalue weighted by molar-refractivity contribution is -0.115. The molecule has 0 unspecified atom stereocenters. The summed E-state index contributed by atoms with van der Waals surface area (Å²) in [5.41, 5.74) is 5.07. The van der Waals surface area contributed by atoms with Crippen LogP contribution in [-0.4, -0.2) is 39.2 Å². The van der Waals surface area contributed by atoms with Crippen molar-refractivity contribution in [3.05, 3.63) is 65.1 Å². The molecule has 6 heteroatoms. The molecule has 0 bridgehead atoms. The number of carbonyl (C=O) groups is 2. The van der Waals surface area contributed by atoms with Crippen LogP contribution in [0.2, 0.25) is 0 Å². The smallest absolute Gasteiger partial charge is 0.253 e. The number of nitrogens with zero attached hydrogens (tertiary/aromatic N) is 3. The number of likely N-dealkylation sites (tertiary alicyclic amines) is 1. The molecule has 2 amide bonds. The molecule has 1 saturated heterocycles. The van der Waals surface area contributed by atoms with Crippen LogP contribution in [0.5, 0.6) is 0 Å². The monoisotopic (exact) mass is 376 g/mol. The van der Waals surface area contributed by atoms with Gasteiger partial charge in [-0.2, -0.15) is 0 Å². The zero-order valence-corrected chi connectivity index (χ0v) is 16.2. The molecule has 1 aliphatic heterocycles. The third-order valence-corrected chi connectivity index (χ3v) is 5.29. The van der Waals surface area contributed by atoms with E-state index in [4.69, 9.17) is 0 Å². The van der Waals surface area contributed by atoms with E-state index in [1.807, 2.05) is 53.6 Å². The fourth-order valence-corrected chi connectivity index (χ4v) is 3.73. The minimum absolute atomic E-state index is 0.0691. The van der Waals surface area contributed by atoms with Gasteiger partial charge in [-0.05, 0) is 62.1 Å². The van der Waals surface area contributed by atoms with Gasteiger partial charge in [0.1, 0.15) is 5.65 Å². The van der Waals surface area contributed by atoms with Crippen molar-refractivity contribution >= 4 is 23.1 Å².